The van der Waals surface area contributed by atoms with Crippen LogP contribution in [-0.4, -0.2) is 29.8 Å². The summed E-state index contributed by atoms with van der Waals surface area (Å²) in [6.45, 7) is 15.3. The minimum absolute atomic E-state index is 0.111. The molecule has 5 nitrogen and oxygen atoms in total. The fourth-order valence-corrected chi connectivity index (χ4v) is 5.63. The van der Waals surface area contributed by atoms with E-state index in [4.69, 9.17) is 0 Å². The third-order valence-corrected chi connectivity index (χ3v) is 7.71. The van der Waals surface area contributed by atoms with Crippen LogP contribution in [0, 0.1) is 12.8 Å². The Morgan fingerprint density at radius 3 is 2.42 bits per heavy atom. The second kappa shape index (κ2) is 15.3. The summed E-state index contributed by atoms with van der Waals surface area (Å²) in [6.07, 6.45) is 11.8. The van der Waals surface area contributed by atoms with Crippen molar-refractivity contribution in [2.24, 2.45) is 5.92 Å². The summed E-state index contributed by atoms with van der Waals surface area (Å²) in [4.78, 5) is 27.8. The summed E-state index contributed by atoms with van der Waals surface area (Å²) in [6, 6.07) is 14.1. The van der Waals surface area contributed by atoms with E-state index < -0.39 is 0 Å². The van der Waals surface area contributed by atoms with E-state index in [1.54, 1.807) is 6.92 Å². The molecule has 40 heavy (non-hydrogen) atoms. The van der Waals surface area contributed by atoms with Gasteiger partial charge in [-0.15, -0.1) is 0 Å². The largest absolute Gasteiger partial charge is 0.364 e. The second-order valence-electron chi connectivity index (χ2n) is 10.7. The number of para-hydroxylation sites is 1. The maximum absolute atomic E-state index is 13.3. The molecule has 214 valence electrons. The van der Waals surface area contributed by atoms with Crippen LogP contribution in [0.15, 0.2) is 72.1 Å². The van der Waals surface area contributed by atoms with Gasteiger partial charge in [0, 0.05) is 29.2 Å². The third-order valence-electron chi connectivity index (χ3n) is 7.71. The smallest absolute Gasteiger partial charge is 0.323 e. The highest BCUT2D eigenvalue weighted by molar-refractivity contribution is 5.93. The van der Waals surface area contributed by atoms with Crippen LogP contribution in [0.3, 0.4) is 0 Å². The standard InChI is InChI=1S/C33H41N3O2.C2H6/c1-5-27-17-11-12-23(2)32(27)35-33(38)34-31-19-18-28-15-9-10-16-29(28)20-30(31)25(4)36(21-24(3)37)22-26-13-7-6-8-14-26;1-2/h9-12,15-17,19-20,26H,4-8,13-14,18,21-22H2,1-3H3,(H2,34,35,38);1-2H3. The molecule has 0 radical (unpaired) electrons. The van der Waals surface area contributed by atoms with E-state index in [9.17, 15) is 9.59 Å². The quantitative estimate of drug-likeness (QED) is 0.336. The third kappa shape index (κ3) is 8.20. The number of Topliss-reactive ketones (excluding diaryl/α,β-unsaturated/α-hetero) is 1. The number of hydrogen-bond donors (Lipinski definition) is 2. The Morgan fingerprint density at radius 1 is 1.00 bits per heavy atom. The molecular formula is C35H47N3O2. The van der Waals surface area contributed by atoms with Gasteiger partial charge in [0.25, 0.3) is 0 Å². The first kappa shape index (κ1) is 30.9. The highest BCUT2D eigenvalue weighted by atomic mass is 16.2. The van der Waals surface area contributed by atoms with Crippen molar-refractivity contribution < 1.29 is 9.59 Å². The van der Waals surface area contributed by atoms with Crippen LogP contribution in [0.2, 0.25) is 0 Å². The second-order valence-corrected chi connectivity index (χ2v) is 10.7. The number of ketones is 1. The number of nitrogens with zero attached hydrogens (tertiary/aromatic N) is 1. The molecule has 2 amide bonds. The van der Waals surface area contributed by atoms with Crippen LogP contribution in [0.1, 0.15) is 82.1 Å². The predicted molar refractivity (Wildman–Crippen MR) is 168 cm³/mol. The molecule has 4 rings (SSSR count). The molecule has 0 bridgehead atoms. The number of anilines is 1. The van der Waals surface area contributed by atoms with E-state index in [1.165, 1.54) is 37.7 Å². The molecule has 5 heteroatoms. The minimum atomic E-state index is -0.282. The van der Waals surface area contributed by atoms with Crippen LogP contribution < -0.4 is 10.6 Å². The Hall–Kier alpha value is -3.60. The Labute approximate surface area is 241 Å². The summed E-state index contributed by atoms with van der Waals surface area (Å²) >= 11 is 0. The number of allylic oxidation sites excluding steroid dienone is 1. The number of aryl methyl sites for hydroxylation is 2. The Bertz CT molecular complexity index is 1250. The lowest BCUT2D eigenvalue weighted by molar-refractivity contribution is -0.117. The van der Waals surface area contributed by atoms with Crippen molar-refractivity contribution in [2.45, 2.75) is 79.6 Å². The number of nitrogens with one attached hydrogen (secondary N) is 2. The van der Waals surface area contributed by atoms with Crippen molar-refractivity contribution in [3.63, 3.8) is 0 Å². The van der Waals surface area contributed by atoms with Crippen LogP contribution in [-0.2, 0) is 17.6 Å². The molecular weight excluding hydrogens is 494 g/mol. The summed E-state index contributed by atoms with van der Waals surface area (Å²) in [5, 5.41) is 6.22. The molecule has 2 aliphatic carbocycles. The van der Waals surface area contributed by atoms with Crippen molar-refractivity contribution in [3.8, 4) is 0 Å². The van der Waals surface area contributed by atoms with Crippen LogP contribution in [0.25, 0.3) is 6.08 Å². The molecule has 0 atom stereocenters. The van der Waals surface area contributed by atoms with E-state index in [0.29, 0.717) is 24.6 Å². The Balaban J connectivity index is 0.00000216. The van der Waals surface area contributed by atoms with Crippen LogP contribution in [0.4, 0.5) is 10.5 Å². The zero-order valence-electron chi connectivity index (χ0n) is 25.1. The fourth-order valence-electron chi connectivity index (χ4n) is 5.63. The predicted octanol–water partition coefficient (Wildman–Crippen LogP) is 8.21. The molecule has 0 aliphatic heterocycles. The van der Waals surface area contributed by atoms with Crippen molar-refractivity contribution >= 4 is 23.6 Å². The highest BCUT2D eigenvalue weighted by Gasteiger charge is 2.24. The van der Waals surface area contributed by atoms with Crippen molar-refractivity contribution in [1.82, 2.24) is 10.2 Å². The van der Waals surface area contributed by atoms with Gasteiger partial charge in [0.15, 0.2) is 0 Å². The van der Waals surface area contributed by atoms with Gasteiger partial charge in [-0.3, -0.25) is 4.79 Å². The maximum Gasteiger partial charge on any atom is 0.323 e. The molecule has 0 spiro atoms. The summed E-state index contributed by atoms with van der Waals surface area (Å²) < 4.78 is 0. The van der Waals surface area contributed by atoms with E-state index in [-0.39, 0.29) is 11.8 Å². The van der Waals surface area contributed by atoms with Crippen LogP contribution in [0.5, 0.6) is 0 Å². The highest BCUT2D eigenvalue weighted by Crippen LogP contribution is 2.31. The minimum Gasteiger partial charge on any atom is -0.364 e. The summed E-state index contributed by atoms with van der Waals surface area (Å²) in [5.41, 5.74) is 7.61. The number of amides is 2. The van der Waals surface area contributed by atoms with E-state index >= 15 is 0 Å². The summed E-state index contributed by atoms with van der Waals surface area (Å²) in [5.74, 6) is 0.662. The van der Waals surface area contributed by atoms with Crippen LogP contribution >= 0.6 is 0 Å². The number of carbonyl (C=O) groups is 2. The van der Waals surface area contributed by atoms with Gasteiger partial charge in [0.1, 0.15) is 5.78 Å². The SMILES string of the molecule is C=C(C1=Cc2ccccc2CC=C1NC(=O)Nc1c(C)cccc1CC)N(CC(C)=O)CC1CCCCC1.CC. The fraction of sp³-hybridized carbons (Fsp3) is 0.429. The lowest BCUT2D eigenvalue weighted by Crippen LogP contribution is -2.36. The normalized spacial score (nSPS) is 14.8. The average molecular weight is 542 g/mol. The van der Waals surface area contributed by atoms with Gasteiger partial charge in [-0.2, -0.15) is 0 Å². The first-order chi connectivity index (χ1) is 19.4. The first-order valence-corrected chi connectivity index (χ1v) is 15.0. The number of fused-ring (bicyclic) bond motifs is 1. The lowest BCUT2D eigenvalue weighted by Gasteiger charge is -2.33. The number of carbonyl (C=O) groups excluding carboxylic acids is 2. The molecule has 1 fully saturated rings. The number of urea groups is 1. The lowest BCUT2D eigenvalue weighted by atomic mass is 9.88. The Kier molecular flexibility index (Phi) is 11.8. The number of benzene rings is 2. The molecule has 2 aromatic rings. The van der Waals surface area contributed by atoms with Gasteiger partial charge in [-0.05, 0) is 73.8 Å². The van der Waals surface area contributed by atoms with Crippen molar-refractivity contribution in [3.05, 3.63) is 94.3 Å². The Morgan fingerprint density at radius 2 is 1.73 bits per heavy atom. The molecule has 0 aromatic heterocycles. The van der Waals surface area contributed by atoms with Crippen molar-refractivity contribution in [1.29, 1.82) is 0 Å². The van der Waals surface area contributed by atoms with E-state index in [1.807, 2.05) is 51.1 Å². The first-order valence-electron chi connectivity index (χ1n) is 15.0. The number of hydrogen-bond acceptors (Lipinski definition) is 3. The molecule has 0 heterocycles. The van der Waals surface area contributed by atoms with Gasteiger partial charge < -0.3 is 15.5 Å². The van der Waals surface area contributed by atoms with E-state index in [0.717, 1.165) is 46.6 Å². The molecule has 2 aliphatic rings. The molecule has 0 saturated heterocycles. The monoisotopic (exact) mass is 541 g/mol. The molecule has 2 N–H and O–H groups in total. The van der Waals surface area contributed by atoms with Gasteiger partial charge in [-0.1, -0.05) is 95.2 Å². The maximum atomic E-state index is 13.3. The molecule has 1 saturated carbocycles. The van der Waals surface area contributed by atoms with Gasteiger partial charge >= 0.3 is 6.03 Å². The number of rotatable bonds is 9. The van der Waals surface area contributed by atoms with E-state index in [2.05, 4.69) is 53.3 Å². The topological polar surface area (TPSA) is 61.4 Å². The zero-order chi connectivity index (χ0) is 29.1. The van der Waals surface area contributed by atoms with Crippen molar-refractivity contribution in [2.75, 3.05) is 18.4 Å². The molecule has 0 unspecified atom stereocenters. The van der Waals surface area contributed by atoms with Gasteiger partial charge in [0.2, 0.25) is 0 Å². The van der Waals surface area contributed by atoms with Gasteiger partial charge in [0.05, 0.1) is 6.54 Å². The van der Waals surface area contributed by atoms with Gasteiger partial charge in [-0.25, -0.2) is 4.79 Å². The average Bonchev–Trinajstić information content (AvgIpc) is 3.14. The molecule has 2 aromatic carbocycles. The summed E-state index contributed by atoms with van der Waals surface area (Å²) in [7, 11) is 0. The zero-order valence-corrected chi connectivity index (χ0v) is 25.1.